The monoisotopic (exact) mass is 366 g/mol. The topological polar surface area (TPSA) is 89.1 Å². The van der Waals surface area contributed by atoms with Gasteiger partial charge < -0.3 is 19.8 Å². The molecule has 3 aromatic rings. The number of aromatic nitrogens is 3. The maximum Gasteiger partial charge on any atom is 0.267 e. The molecule has 27 heavy (non-hydrogen) atoms. The number of aromatic amines is 1. The largest absolute Gasteiger partial charge is 0.480 e. The van der Waals surface area contributed by atoms with Crippen LogP contribution in [-0.4, -0.2) is 40.1 Å². The van der Waals surface area contributed by atoms with E-state index in [1.54, 1.807) is 19.5 Å². The Bertz CT molecular complexity index is 899. The van der Waals surface area contributed by atoms with Crippen LogP contribution in [0.3, 0.4) is 0 Å². The van der Waals surface area contributed by atoms with Crippen LogP contribution < -0.4 is 14.8 Å². The molecule has 0 bridgehead atoms. The number of rotatable bonds is 5. The fourth-order valence-corrected chi connectivity index (χ4v) is 3.44. The number of benzene rings is 1. The number of carbonyl (C=O) groups is 1. The number of nitrogens with one attached hydrogen (secondary N) is 2. The van der Waals surface area contributed by atoms with E-state index in [9.17, 15) is 4.79 Å². The maximum absolute atomic E-state index is 12.5. The Hall–Kier alpha value is -3.09. The summed E-state index contributed by atoms with van der Waals surface area (Å²) in [7, 11) is 1.55. The van der Waals surface area contributed by atoms with Gasteiger partial charge >= 0.3 is 0 Å². The SMILES string of the molecule is COc1cncc(OC2CCC(NC(=O)c3cc4ccccc4[nH]3)CC2)n1. The fourth-order valence-electron chi connectivity index (χ4n) is 3.44. The van der Waals surface area contributed by atoms with E-state index >= 15 is 0 Å². The van der Waals surface area contributed by atoms with Crippen molar-refractivity contribution in [3.05, 3.63) is 48.4 Å². The van der Waals surface area contributed by atoms with Gasteiger partial charge in [0.2, 0.25) is 11.8 Å². The third-order valence-corrected chi connectivity index (χ3v) is 4.87. The molecule has 1 saturated carbocycles. The summed E-state index contributed by atoms with van der Waals surface area (Å²) in [6.07, 6.45) is 6.66. The van der Waals surface area contributed by atoms with Crippen LogP contribution in [0.4, 0.5) is 0 Å². The molecule has 0 saturated heterocycles. The summed E-state index contributed by atoms with van der Waals surface area (Å²) < 4.78 is 11.0. The summed E-state index contributed by atoms with van der Waals surface area (Å²) in [5.41, 5.74) is 1.57. The number of nitrogens with zero attached hydrogens (tertiary/aromatic N) is 2. The zero-order valence-electron chi connectivity index (χ0n) is 15.1. The van der Waals surface area contributed by atoms with Crippen LogP contribution in [0.15, 0.2) is 42.7 Å². The van der Waals surface area contributed by atoms with Gasteiger partial charge in [-0.2, -0.15) is 4.98 Å². The van der Waals surface area contributed by atoms with Gasteiger partial charge in [-0.1, -0.05) is 18.2 Å². The van der Waals surface area contributed by atoms with Gasteiger partial charge in [0.05, 0.1) is 19.5 Å². The minimum Gasteiger partial charge on any atom is -0.480 e. The Morgan fingerprint density at radius 1 is 1.15 bits per heavy atom. The Balaban J connectivity index is 1.30. The van der Waals surface area contributed by atoms with Crippen molar-refractivity contribution in [3.8, 4) is 11.8 Å². The lowest BCUT2D eigenvalue weighted by molar-refractivity contribution is 0.0885. The first-order chi connectivity index (χ1) is 13.2. The van der Waals surface area contributed by atoms with Gasteiger partial charge in [-0.05, 0) is 37.8 Å². The van der Waals surface area contributed by atoms with E-state index in [-0.39, 0.29) is 18.1 Å². The number of hydrogen-bond donors (Lipinski definition) is 2. The lowest BCUT2D eigenvalue weighted by atomic mass is 9.93. The molecule has 2 aromatic heterocycles. The molecule has 7 heteroatoms. The highest BCUT2D eigenvalue weighted by Gasteiger charge is 2.25. The zero-order valence-corrected chi connectivity index (χ0v) is 15.1. The van der Waals surface area contributed by atoms with Gasteiger partial charge in [-0.25, -0.2) is 0 Å². The zero-order chi connectivity index (χ0) is 18.6. The highest BCUT2D eigenvalue weighted by molar-refractivity contribution is 5.98. The number of carbonyl (C=O) groups excluding carboxylic acids is 1. The second-order valence-corrected chi connectivity index (χ2v) is 6.73. The smallest absolute Gasteiger partial charge is 0.267 e. The minimum atomic E-state index is -0.0609. The number of methoxy groups -OCH3 is 1. The van der Waals surface area contributed by atoms with Gasteiger partial charge in [0.15, 0.2) is 0 Å². The third kappa shape index (κ3) is 4.02. The van der Waals surface area contributed by atoms with Crippen LogP contribution in [0, 0.1) is 0 Å². The predicted molar refractivity (Wildman–Crippen MR) is 101 cm³/mol. The lowest BCUT2D eigenvalue weighted by Crippen LogP contribution is -2.39. The number of H-pyrrole nitrogens is 1. The molecule has 0 unspecified atom stereocenters. The third-order valence-electron chi connectivity index (χ3n) is 4.87. The van der Waals surface area contributed by atoms with Crippen molar-refractivity contribution >= 4 is 16.8 Å². The van der Waals surface area contributed by atoms with Crippen molar-refractivity contribution in [2.75, 3.05) is 7.11 Å². The van der Waals surface area contributed by atoms with Crippen molar-refractivity contribution in [3.63, 3.8) is 0 Å². The van der Waals surface area contributed by atoms with Gasteiger partial charge in [0.1, 0.15) is 11.8 Å². The molecule has 4 rings (SSSR count). The van der Waals surface area contributed by atoms with Crippen LogP contribution in [0.1, 0.15) is 36.2 Å². The van der Waals surface area contributed by atoms with Crippen molar-refractivity contribution < 1.29 is 14.3 Å². The maximum atomic E-state index is 12.5. The molecule has 1 amide bonds. The second-order valence-electron chi connectivity index (χ2n) is 6.73. The molecule has 1 aliphatic rings. The Labute approximate surface area is 157 Å². The molecule has 1 aromatic carbocycles. The van der Waals surface area contributed by atoms with E-state index in [1.807, 2.05) is 30.3 Å². The molecule has 1 aliphatic carbocycles. The van der Waals surface area contributed by atoms with Crippen LogP contribution in [0.2, 0.25) is 0 Å². The first kappa shape index (κ1) is 17.3. The van der Waals surface area contributed by atoms with Crippen LogP contribution >= 0.6 is 0 Å². The highest BCUT2D eigenvalue weighted by Crippen LogP contribution is 2.24. The molecule has 0 spiro atoms. The number of para-hydroxylation sites is 1. The van der Waals surface area contributed by atoms with E-state index < -0.39 is 0 Å². The highest BCUT2D eigenvalue weighted by atomic mass is 16.5. The average Bonchev–Trinajstić information content (AvgIpc) is 3.14. The molecule has 140 valence electrons. The fraction of sp³-hybridized carbons (Fsp3) is 0.350. The Morgan fingerprint density at radius 2 is 1.93 bits per heavy atom. The molecule has 0 atom stereocenters. The summed E-state index contributed by atoms with van der Waals surface area (Å²) in [5, 5.41) is 4.17. The van der Waals surface area contributed by atoms with Crippen molar-refractivity contribution in [1.82, 2.24) is 20.3 Å². The quantitative estimate of drug-likeness (QED) is 0.724. The second kappa shape index (κ2) is 7.65. The standard InChI is InChI=1S/C20H22N4O3/c1-26-18-11-21-12-19(24-18)27-15-8-6-14(7-9-15)22-20(25)17-10-13-4-2-3-5-16(13)23-17/h2-5,10-12,14-15,23H,6-9H2,1H3,(H,22,25). The van der Waals surface area contributed by atoms with E-state index in [0.717, 1.165) is 36.6 Å². The van der Waals surface area contributed by atoms with Crippen LogP contribution in [0.25, 0.3) is 10.9 Å². The van der Waals surface area contributed by atoms with Crippen molar-refractivity contribution in [2.45, 2.75) is 37.8 Å². The van der Waals surface area contributed by atoms with Crippen molar-refractivity contribution in [1.29, 1.82) is 0 Å². The van der Waals surface area contributed by atoms with Gasteiger partial charge in [-0.15, -0.1) is 0 Å². The average molecular weight is 366 g/mol. The van der Waals surface area contributed by atoms with Crippen molar-refractivity contribution in [2.24, 2.45) is 0 Å². The Morgan fingerprint density at radius 3 is 2.70 bits per heavy atom. The summed E-state index contributed by atoms with van der Waals surface area (Å²) in [6, 6.07) is 9.92. The lowest BCUT2D eigenvalue weighted by Gasteiger charge is -2.29. The summed E-state index contributed by atoms with van der Waals surface area (Å²) >= 11 is 0. The van der Waals surface area contributed by atoms with Gasteiger partial charge in [-0.3, -0.25) is 9.78 Å². The number of fused-ring (bicyclic) bond motifs is 1. The number of hydrogen-bond acceptors (Lipinski definition) is 5. The molecule has 0 radical (unpaired) electrons. The summed E-state index contributed by atoms with van der Waals surface area (Å²) in [6.45, 7) is 0. The van der Waals surface area contributed by atoms with E-state index in [4.69, 9.17) is 9.47 Å². The number of ether oxygens (including phenoxy) is 2. The van der Waals surface area contributed by atoms with Gasteiger partial charge in [0, 0.05) is 16.9 Å². The molecule has 0 aliphatic heterocycles. The van der Waals surface area contributed by atoms with Gasteiger partial charge in [0.25, 0.3) is 5.91 Å². The van der Waals surface area contributed by atoms with Crippen LogP contribution in [-0.2, 0) is 0 Å². The molecular weight excluding hydrogens is 344 g/mol. The summed E-state index contributed by atoms with van der Waals surface area (Å²) in [4.78, 5) is 24.0. The molecule has 1 fully saturated rings. The normalized spacial score (nSPS) is 19.6. The summed E-state index contributed by atoms with van der Waals surface area (Å²) in [5.74, 6) is 0.848. The first-order valence-corrected chi connectivity index (χ1v) is 9.12. The molecule has 2 N–H and O–H groups in total. The minimum absolute atomic E-state index is 0.0609. The first-order valence-electron chi connectivity index (χ1n) is 9.12. The van der Waals surface area contributed by atoms with Crippen LogP contribution in [0.5, 0.6) is 11.8 Å². The Kier molecular flexibility index (Phi) is 4.91. The molecule has 7 nitrogen and oxygen atoms in total. The van der Waals surface area contributed by atoms with E-state index in [2.05, 4.69) is 20.3 Å². The molecular formula is C20H22N4O3. The predicted octanol–water partition coefficient (Wildman–Crippen LogP) is 3.09. The van der Waals surface area contributed by atoms with E-state index in [0.29, 0.717) is 17.5 Å². The number of amides is 1. The van der Waals surface area contributed by atoms with E-state index in [1.165, 1.54) is 0 Å². The molecule has 2 heterocycles.